The minimum Gasteiger partial charge on any atom is -0.486 e. The molecule has 3 aromatic rings. The van der Waals surface area contributed by atoms with Gasteiger partial charge >= 0.3 is 0 Å². The van der Waals surface area contributed by atoms with Gasteiger partial charge in [-0.25, -0.2) is 4.98 Å². The molecule has 0 spiro atoms. The number of carbonyl (C=O) groups is 1. The third-order valence-electron chi connectivity index (χ3n) is 3.71. The Bertz CT molecular complexity index is 923. The number of rotatable bonds is 3. The van der Waals surface area contributed by atoms with Crippen molar-refractivity contribution >= 4 is 34.2 Å². The minimum absolute atomic E-state index is 0.142. The first kappa shape index (κ1) is 14.8. The SMILES string of the molecule is O=C(Cn1cnc2cc3c(cc21)OCCO3)Nc1cccc(Cl)c1. The van der Waals surface area contributed by atoms with Crippen molar-refractivity contribution < 1.29 is 14.3 Å². The largest absolute Gasteiger partial charge is 0.486 e. The molecule has 0 radical (unpaired) electrons. The van der Waals surface area contributed by atoms with Crippen molar-refractivity contribution in [2.75, 3.05) is 18.5 Å². The molecule has 0 bridgehead atoms. The molecule has 1 aromatic heterocycles. The lowest BCUT2D eigenvalue weighted by molar-refractivity contribution is -0.116. The van der Waals surface area contributed by atoms with E-state index in [1.807, 2.05) is 12.1 Å². The van der Waals surface area contributed by atoms with Crippen LogP contribution in [0.2, 0.25) is 5.02 Å². The van der Waals surface area contributed by atoms with Gasteiger partial charge in [0.1, 0.15) is 19.8 Å². The molecule has 4 rings (SSSR count). The number of hydrogen-bond donors (Lipinski definition) is 1. The van der Waals surface area contributed by atoms with Gasteiger partial charge in [-0.1, -0.05) is 17.7 Å². The van der Waals surface area contributed by atoms with Crippen LogP contribution in [0, 0.1) is 0 Å². The molecule has 0 fully saturated rings. The van der Waals surface area contributed by atoms with Crippen LogP contribution in [0.15, 0.2) is 42.7 Å². The highest BCUT2D eigenvalue weighted by Crippen LogP contribution is 2.34. The molecule has 24 heavy (non-hydrogen) atoms. The third kappa shape index (κ3) is 2.88. The van der Waals surface area contributed by atoms with Gasteiger partial charge < -0.3 is 19.4 Å². The maximum atomic E-state index is 12.3. The highest BCUT2D eigenvalue weighted by Gasteiger charge is 2.16. The monoisotopic (exact) mass is 343 g/mol. The molecule has 0 atom stereocenters. The van der Waals surface area contributed by atoms with E-state index in [0.29, 0.717) is 35.4 Å². The summed E-state index contributed by atoms with van der Waals surface area (Å²) < 4.78 is 12.9. The van der Waals surface area contributed by atoms with E-state index in [1.54, 1.807) is 35.2 Å². The molecule has 122 valence electrons. The number of amides is 1. The Labute approximate surface area is 143 Å². The quantitative estimate of drug-likeness (QED) is 0.793. The van der Waals surface area contributed by atoms with Crippen LogP contribution in [0.1, 0.15) is 0 Å². The number of anilines is 1. The molecule has 2 aromatic carbocycles. The van der Waals surface area contributed by atoms with E-state index in [0.717, 1.165) is 11.0 Å². The van der Waals surface area contributed by atoms with E-state index in [1.165, 1.54) is 0 Å². The predicted octanol–water partition coefficient (Wildman–Crippen LogP) is 3.10. The van der Waals surface area contributed by atoms with Gasteiger partial charge in [0.2, 0.25) is 5.91 Å². The smallest absolute Gasteiger partial charge is 0.244 e. The molecule has 0 saturated carbocycles. The summed E-state index contributed by atoms with van der Waals surface area (Å²) in [7, 11) is 0. The van der Waals surface area contributed by atoms with Gasteiger partial charge in [-0.05, 0) is 18.2 Å². The van der Waals surface area contributed by atoms with Gasteiger partial charge in [-0.2, -0.15) is 0 Å². The Morgan fingerprint density at radius 2 is 2.00 bits per heavy atom. The second kappa shape index (κ2) is 6.05. The first-order valence-corrected chi connectivity index (χ1v) is 7.87. The number of nitrogens with zero attached hydrogens (tertiary/aromatic N) is 2. The van der Waals surface area contributed by atoms with Crippen molar-refractivity contribution in [3.05, 3.63) is 47.7 Å². The number of fused-ring (bicyclic) bond motifs is 2. The molecule has 6 nitrogen and oxygen atoms in total. The Kier molecular flexibility index (Phi) is 3.74. The second-order valence-corrected chi connectivity index (χ2v) is 5.85. The van der Waals surface area contributed by atoms with E-state index < -0.39 is 0 Å². The predicted molar refractivity (Wildman–Crippen MR) is 90.8 cm³/mol. The van der Waals surface area contributed by atoms with Crippen LogP contribution in [-0.4, -0.2) is 28.7 Å². The molecular formula is C17H14ClN3O3. The Hall–Kier alpha value is -2.73. The third-order valence-corrected chi connectivity index (χ3v) is 3.94. The fraction of sp³-hybridized carbons (Fsp3) is 0.176. The number of aromatic nitrogens is 2. The first-order chi connectivity index (χ1) is 11.7. The van der Waals surface area contributed by atoms with Crippen molar-refractivity contribution in [1.29, 1.82) is 0 Å². The molecule has 1 amide bonds. The summed E-state index contributed by atoms with van der Waals surface area (Å²) in [6.07, 6.45) is 1.63. The lowest BCUT2D eigenvalue weighted by atomic mass is 10.2. The maximum absolute atomic E-state index is 12.3. The number of carbonyl (C=O) groups excluding carboxylic acids is 1. The van der Waals surface area contributed by atoms with Crippen LogP contribution in [0.3, 0.4) is 0 Å². The minimum atomic E-state index is -0.161. The molecular weight excluding hydrogens is 330 g/mol. The Balaban J connectivity index is 1.57. The van der Waals surface area contributed by atoms with Crippen LogP contribution in [0.5, 0.6) is 11.5 Å². The fourth-order valence-corrected chi connectivity index (χ4v) is 2.83. The molecule has 0 aliphatic carbocycles. The molecule has 0 unspecified atom stereocenters. The highest BCUT2D eigenvalue weighted by molar-refractivity contribution is 6.30. The normalized spacial score (nSPS) is 13.0. The number of benzene rings is 2. The first-order valence-electron chi connectivity index (χ1n) is 7.49. The number of ether oxygens (including phenoxy) is 2. The van der Waals surface area contributed by atoms with Crippen molar-refractivity contribution in [3.8, 4) is 11.5 Å². The Morgan fingerprint density at radius 1 is 1.21 bits per heavy atom. The standard InChI is InChI=1S/C17H14ClN3O3/c18-11-2-1-3-12(6-11)20-17(22)9-21-10-19-13-7-15-16(8-14(13)21)24-5-4-23-15/h1-3,6-8,10H,4-5,9H2,(H,20,22). The zero-order valence-corrected chi connectivity index (χ0v) is 13.4. The molecule has 0 saturated heterocycles. The van der Waals surface area contributed by atoms with Gasteiger partial charge in [0.15, 0.2) is 11.5 Å². The van der Waals surface area contributed by atoms with Crippen LogP contribution < -0.4 is 14.8 Å². The van der Waals surface area contributed by atoms with E-state index in [4.69, 9.17) is 21.1 Å². The summed E-state index contributed by atoms with van der Waals surface area (Å²) in [6, 6.07) is 10.7. The summed E-state index contributed by atoms with van der Waals surface area (Å²) in [5.41, 5.74) is 2.24. The zero-order chi connectivity index (χ0) is 16.5. The number of nitrogens with one attached hydrogen (secondary N) is 1. The van der Waals surface area contributed by atoms with Gasteiger partial charge in [-0.3, -0.25) is 4.79 Å². The van der Waals surface area contributed by atoms with Crippen LogP contribution >= 0.6 is 11.6 Å². The lowest BCUT2D eigenvalue weighted by Crippen LogP contribution is -2.18. The lowest BCUT2D eigenvalue weighted by Gasteiger charge is -2.18. The molecule has 1 aliphatic heterocycles. The van der Waals surface area contributed by atoms with E-state index in [9.17, 15) is 4.79 Å². The van der Waals surface area contributed by atoms with Crippen molar-refractivity contribution in [3.63, 3.8) is 0 Å². The average Bonchev–Trinajstić information content (AvgIpc) is 2.94. The molecule has 2 heterocycles. The average molecular weight is 344 g/mol. The van der Waals surface area contributed by atoms with Gasteiger partial charge in [0.25, 0.3) is 0 Å². The zero-order valence-electron chi connectivity index (χ0n) is 12.7. The van der Waals surface area contributed by atoms with Crippen molar-refractivity contribution in [1.82, 2.24) is 9.55 Å². The number of imidazole rings is 1. The van der Waals surface area contributed by atoms with E-state index in [2.05, 4.69) is 10.3 Å². The number of halogens is 1. The van der Waals surface area contributed by atoms with Gasteiger partial charge in [-0.15, -0.1) is 0 Å². The topological polar surface area (TPSA) is 65.4 Å². The molecule has 1 N–H and O–H groups in total. The molecule has 7 heteroatoms. The highest BCUT2D eigenvalue weighted by atomic mass is 35.5. The summed E-state index contributed by atoms with van der Waals surface area (Å²) in [5, 5.41) is 3.39. The van der Waals surface area contributed by atoms with Gasteiger partial charge in [0.05, 0.1) is 17.4 Å². The fourth-order valence-electron chi connectivity index (χ4n) is 2.64. The summed E-state index contributed by atoms with van der Waals surface area (Å²) in [5.74, 6) is 1.19. The number of hydrogen-bond acceptors (Lipinski definition) is 4. The summed E-state index contributed by atoms with van der Waals surface area (Å²) >= 11 is 5.92. The van der Waals surface area contributed by atoms with Crippen LogP contribution in [0.4, 0.5) is 5.69 Å². The van der Waals surface area contributed by atoms with E-state index in [-0.39, 0.29) is 12.5 Å². The second-order valence-electron chi connectivity index (χ2n) is 5.42. The van der Waals surface area contributed by atoms with Crippen molar-refractivity contribution in [2.24, 2.45) is 0 Å². The van der Waals surface area contributed by atoms with Crippen LogP contribution in [0.25, 0.3) is 11.0 Å². The van der Waals surface area contributed by atoms with Crippen LogP contribution in [-0.2, 0) is 11.3 Å². The molecule has 1 aliphatic rings. The van der Waals surface area contributed by atoms with Crippen molar-refractivity contribution in [2.45, 2.75) is 6.54 Å². The Morgan fingerprint density at radius 3 is 2.79 bits per heavy atom. The van der Waals surface area contributed by atoms with Gasteiger partial charge in [0, 0.05) is 22.8 Å². The van der Waals surface area contributed by atoms with E-state index >= 15 is 0 Å². The maximum Gasteiger partial charge on any atom is 0.244 e. The summed E-state index contributed by atoms with van der Waals surface area (Å²) in [4.78, 5) is 16.6. The summed E-state index contributed by atoms with van der Waals surface area (Å²) in [6.45, 7) is 1.19.